The van der Waals surface area contributed by atoms with E-state index >= 15 is 0 Å². The molecule has 1 aliphatic carbocycles. The van der Waals surface area contributed by atoms with Gasteiger partial charge in [0, 0.05) is 12.2 Å². The predicted molar refractivity (Wildman–Crippen MR) is 83.5 cm³/mol. The Morgan fingerprint density at radius 3 is 2.81 bits per heavy atom. The number of anilines is 1. The molecular weight excluding hydrogens is 262 g/mol. The Balaban J connectivity index is 1.76. The number of nitrogens with one attached hydrogen (secondary N) is 1. The molecule has 2 heterocycles. The van der Waals surface area contributed by atoms with E-state index in [1.165, 1.54) is 24.2 Å². The van der Waals surface area contributed by atoms with Crippen molar-refractivity contribution in [3.63, 3.8) is 0 Å². The van der Waals surface area contributed by atoms with Gasteiger partial charge in [-0.2, -0.15) is 0 Å². The van der Waals surface area contributed by atoms with E-state index in [4.69, 9.17) is 4.98 Å². The maximum absolute atomic E-state index is 4.71. The third kappa shape index (κ3) is 3.06. The van der Waals surface area contributed by atoms with Gasteiger partial charge in [-0.25, -0.2) is 9.97 Å². The van der Waals surface area contributed by atoms with E-state index in [-0.39, 0.29) is 0 Å². The highest BCUT2D eigenvalue weighted by Gasteiger charge is 2.18. The van der Waals surface area contributed by atoms with E-state index in [9.17, 15) is 0 Å². The van der Waals surface area contributed by atoms with Gasteiger partial charge in [0.2, 0.25) is 0 Å². The molecule has 1 aliphatic rings. The van der Waals surface area contributed by atoms with E-state index in [0.29, 0.717) is 0 Å². The third-order valence-electron chi connectivity index (χ3n) is 4.01. The van der Waals surface area contributed by atoms with Gasteiger partial charge < -0.3 is 9.88 Å². The average Bonchev–Trinajstić information content (AvgIpc) is 2.83. The zero-order valence-electron chi connectivity index (χ0n) is 12.9. The molecule has 0 saturated carbocycles. The first kappa shape index (κ1) is 14.0. The van der Waals surface area contributed by atoms with E-state index in [0.717, 1.165) is 49.7 Å². The lowest BCUT2D eigenvalue weighted by Crippen LogP contribution is -2.11. The van der Waals surface area contributed by atoms with Crippen molar-refractivity contribution in [1.29, 1.82) is 0 Å². The van der Waals surface area contributed by atoms with Crippen LogP contribution in [-0.4, -0.2) is 26.1 Å². The van der Waals surface area contributed by atoms with Crippen LogP contribution in [0.2, 0.25) is 0 Å². The van der Waals surface area contributed by atoms with Crippen LogP contribution in [-0.2, 0) is 19.4 Å². The lowest BCUT2D eigenvalue weighted by molar-refractivity contribution is 0.619. The Hall–Kier alpha value is -1.91. The minimum Gasteiger partial charge on any atom is -0.369 e. The van der Waals surface area contributed by atoms with Gasteiger partial charge >= 0.3 is 0 Å². The van der Waals surface area contributed by atoms with Crippen molar-refractivity contribution < 1.29 is 0 Å². The SMILES string of the molecule is CCCNc1cnc(Cn2c(C)nc3c2CCCC3)cn1. The summed E-state index contributed by atoms with van der Waals surface area (Å²) in [6, 6.07) is 0. The van der Waals surface area contributed by atoms with Crippen LogP contribution in [0.5, 0.6) is 0 Å². The van der Waals surface area contributed by atoms with Gasteiger partial charge in [-0.3, -0.25) is 4.98 Å². The fraction of sp³-hybridized carbons (Fsp3) is 0.562. The standard InChI is InChI=1S/C16H23N5/c1-3-8-17-16-10-18-13(9-19-16)11-21-12(2)20-14-6-4-5-7-15(14)21/h9-10H,3-8,11H2,1-2H3,(H,17,19). The van der Waals surface area contributed by atoms with Crippen LogP contribution in [0.25, 0.3) is 0 Å². The first-order chi connectivity index (χ1) is 10.3. The second-order valence-electron chi connectivity index (χ2n) is 5.67. The summed E-state index contributed by atoms with van der Waals surface area (Å²) in [6.07, 6.45) is 9.57. The molecule has 3 rings (SSSR count). The minimum absolute atomic E-state index is 0.773. The molecule has 0 unspecified atom stereocenters. The number of imidazole rings is 1. The van der Waals surface area contributed by atoms with Gasteiger partial charge in [-0.05, 0) is 39.0 Å². The number of hydrogen-bond acceptors (Lipinski definition) is 4. The number of fused-ring (bicyclic) bond motifs is 1. The maximum atomic E-state index is 4.71. The Morgan fingerprint density at radius 2 is 2.05 bits per heavy atom. The molecule has 0 aliphatic heterocycles. The van der Waals surface area contributed by atoms with Gasteiger partial charge in [-0.15, -0.1) is 0 Å². The molecule has 0 spiro atoms. The van der Waals surface area contributed by atoms with Gasteiger partial charge in [0.05, 0.1) is 30.3 Å². The molecule has 0 bridgehead atoms. The highest BCUT2D eigenvalue weighted by atomic mass is 15.1. The van der Waals surface area contributed by atoms with Crippen LogP contribution < -0.4 is 5.32 Å². The summed E-state index contributed by atoms with van der Waals surface area (Å²) in [5.74, 6) is 1.95. The number of rotatable bonds is 5. The molecular formula is C16H23N5. The molecule has 112 valence electrons. The van der Waals surface area contributed by atoms with Crippen LogP contribution in [0, 0.1) is 6.92 Å². The lowest BCUT2D eigenvalue weighted by Gasteiger charge is -2.14. The molecule has 0 fully saturated rings. The molecule has 0 amide bonds. The second kappa shape index (κ2) is 6.24. The second-order valence-corrected chi connectivity index (χ2v) is 5.67. The monoisotopic (exact) mass is 285 g/mol. The van der Waals surface area contributed by atoms with Crippen LogP contribution in [0.15, 0.2) is 12.4 Å². The fourth-order valence-corrected chi connectivity index (χ4v) is 2.89. The Labute approximate surface area is 125 Å². The fourth-order valence-electron chi connectivity index (χ4n) is 2.89. The average molecular weight is 285 g/mol. The first-order valence-corrected chi connectivity index (χ1v) is 7.87. The van der Waals surface area contributed by atoms with Crippen molar-refractivity contribution in [2.24, 2.45) is 0 Å². The van der Waals surface area contributed by atoms with E-state index < -0.39 is 0 Å². The number of aromatic nitrogens is 4. The van der Waals surface area contributed by atoms with Crippen molar-refractivity contribution in [3.8, 4) is 0 Å². The summed E-state index contributed by atoms with van der Waals surface area (Å²) >= 11 is 0. The van der Waals surface area contributed by atoms with Crippen molar-refractivity contribution in [1.82, 2.24) is 19.5 Å². The smallest absolute Gasteiger partial charge is 0.144 e. The topological polar surface area (TPSA) is 55.6 Å². The van der Waals surface area contributed by atoms with Crippen LogP contribution in [0.1, 0.15) is 49.1 Å². The van der Waals surface area contributed by atoms with Gasteiger partial charge in [-0.1, -0.05) is 6.92 Å². The summed E-state index contributed by atoms with van der Waals surface area (Å²) in [5.41, 5.74) is 3.67. The van der Waals surface area contributed by atoms with Crippen molar-refractivity contribution in [2.45, 2.75) is 52.5 Å². The van der Waals surface area contributed by atoms with Gasteiger partial charge in [0.25, 0.3) is 0 Å². The van der Waals surface area contributed by atoms with Crippen molar-refractivity contribution >= 4 is 5.82 Å². The molecule has 1 N–H and O–H groups in total. The van der Waals surface area contributed by atoms with Crippen LogP contribution in [0.3, 0.4) is 0 Å². The lowest BCUT2D eigenvalue weighted by atomic mass is 10.0. The summed E-state index contributed by atoms with van der Waals surface area (Å²) in [7, 11) is 0. The molecule has 2 aromatic heterocycles. The molecule has 0 aromatic carbocycles. The van der Waals surface area contributed by atoms with E-state index in [1.807, 2.05) is 12.4 Å². The molecule has 0 atom stereocenters. The number of aryl methyl sites for hydroxylation is 2. The largest absolute Gasteiger partial charge is 0.369 e. The zero-order valence-corrected chi connectivity index (χ0v) is 12.9. The van der Waals surface area contributed by atoms with Gasteiger partial charge in [0.15, 0.2) is 0 Å². The Kier molecular flexibility index (Phi) is 4.18. The summed E-state index contributed by atoms with van der Waals surface area (Å²) in [6.45, 7) is 5.93. The molecule has 5 nitrogen and oxygen atoms in total. The van der Waals surface area contributed by atoms with E-state index in [1.54, 1.807) is 0 Å². The quantitative estimate of drug-likeness (QED) is 0.917. The Morgan fingerprint density at radius 1 is 1.19 bits per heavy atom. The first-order valence-electron chi connectivity index (χ1n) is 7.87. The zero-order chi connectivity index (χ0) is 14.7. The maximum Gasteiger partial charge on any atom is 0.144 e. The summed E-state index contributed by atoms with van der Waals surface area (Å²) < 4.78 is 2.30. The molecule has 0 saturated heterocycles. The Bertz CT molecular complexity index is 600. The molecule has 0 radical (unpaired) electrons. The van der Waals surface area contributed by atoms with E-state index in [2.05, 4.69) is 33.7 Å². The molecule has 21 heavy (non-hydrogen) atoms. The molecule has 2 aromatic rings. The number of hydrogen-bond donors (Lipinski definition) is 1. The highest BCUT2D eigenvalue weighted by Crippen LogP contribution is 2.22. The van der Waals surface area contributed by atoms with Crippen molar-refractivity contribution in [2.75, 3.05) is 11.9 Å². The summed E-state index contributed by atoms with van der Waals surface area (Å²) in [5, 5.41) is 3.25. The van der Waals surface area contributed by atoms with Gasteiger partial charge in [0.1, 0.15) is 11.6 Å². The molecule has 5 heteroatoms. The normalized spacial score (nSPS) is 14.0. The van der Waals surface area contributed by atoms with Crippen LogP contribution in [0.4, 0.5) is 5.82 Å². The van der Waals surface area contributed by atoms with Crippen LogP contribution >= 0.6 is 0 Å². The summed E-state index contributed by atoms with van der Waals surface area (Å²) in [4.78, 5) is 13.7. The third-order valence-corrected chi connectivity index (χ3v) is 4.01. The van der Waals surface area contributed by atoms with Crippen molar-refractivity contribution in [3.05, 3.63) is 35.3 Å². The number of nitrogens with zero attached hydrogens (tertiary/aromatic N) is 4. The minimum atomic E-state index is 0.773. The highest BCUT2D eigenvalue weighted by molar-refractivity contribution is 5.31. The predicted octanol–water partition coefficient (Wildman–Crippen LogP) is 2.73.